The molecule has 4 heterocycles. The Hall–Kier alpha value is -5.94. The van der Waals surface area contributed by atoms with Crippen LogP contribution in [0.25, 0.3) is 43.9 Å². The number of rotatable bonds is 2. The van der Waals surface area contributed by atoms with Crippen molar-refractivity contribution >= 4 is 90.0 Å². The highest BCUT2D eigenvalue weighted by molar-refractivity contribution is 6.95. The molecule has 0 saturated heterocycles. The first-order valence-corrected chi connectivity index (χ1v) is 16.3. The number of hydrogen-bond acceptors (Lipinski definition) is 4. The van der Waals surface area contributed by atoms with Gasteiger partial charge in [-0.25, -0.2) is 0 Å². The predicted molar refractivity (Wildman–Crippen MR) is 195 cm³/mol. The molecule has 2 aromatic heterocycles. The molecule has 0 bridgehead atoms. The molecule has 5 heteroatoms. The van der Waals surface area contributed by atoms with Gasteiger partial charge in [0.25, 0.3) is 0 Å². The van der Waals surface area contributed by atoms with Gasteiger partial charge in [0, 0.05) is 38.9 Å². The van der Waals surface area contributed by atoms with Crippen molar-refractivity contribution in [3.05, 3.63) is 151 Å². The maximum atomic E-state index is 6.38. The highest BCUT2D eigenvalue weighted by Crippen LogP contribution is 2.48. The van der Waals surface area contributed by atoms with E-state index in [2.05, 4.69) is 143 Å². The van der Waals surface area contributed by atoms with E-state index in [0.29, 0.717) is 0 Å². The Labute approximate surface area is 271 Å². The van der Waals surface area contributed by atoms with Crippen molar-refractivity contribution in [3.8, 4) is 0 Å². The molecule has 6 aromatic carbocycles. The molecule has 0 spiro atoms. The third-order valence-electron chi connectivity index (χ3n) is 10.4. The number of fused-ring (bicyclic) bond motifs is 10. The van der Waals surface area contributed by atoms with E-state index >= 15 is 0 Å². The van der Waals surface area contributed by atoms with Crippen molar-refractivity contribution in [2.45, 2.75) is 12.5 Å². The number of benzene rings is 6. The van der Waals surface area contributed by atoms with Crippen molar-refractivity contribution in [3.63, 3.8) is 0 Å². The van der Waals surface area contributed by atoms with E-state index in [-0.39, 0.29) is 12.8 Å². The molecule has 4 nitrogen and oxygen atoms in total. The fourth-order valence-electron chi connectivity index (χ4n) is 8.54. The van der Waals surface area contributed by atoms with Gasteiger partial charge in [0.05, 0.1) is 17.1 Å². The van der Waals surface area contributed by atoms with Gasteiger partial charge in [-0.3, -0.25) is 0 Å². The van der Waals surface area contributed by atoms with Gasteiger partial charge < -0.3 is 18.6 Å². The minimum Gasteiger partial charge on any atom is -0.456 e. The molecule has 1 unspecified atom stereocenters. The van der Waals surface area contributed by atoms with Crippen LogP contribution in [0.2, 0.25) is 0 Å². The Morgan fingerprint density at radius 3 is 2.19 bits per heavy atom. The monoisotopic (exact) mass is 602 g/mol. The quantitative estimate of drug-likeness (QED) is 0.185. The molecule has 1 aliphatic carbocycles. The number of nitrogens with zero attached hydrogens (tertiary/aromatic N) is 2. The molecule has 0 fully saturated rings. The molecular weight excluding hydrogens is 575 g/mol. The van der Waals surface area contributed by atoms with Crippen LogP contribution in [0.4, 0.5) is 28.4 Å². The summed E-state index contributed by atoms with van der Waals surface area (Å²) in [5, 5.41) is 4.56. The van der Waals surface area contributed by atoms with Crippen molar-refractivity contribution in [1.82, 2.24) is 0 Å². The standard InChI is InChI=1S/C42H27BN2O2/c1-7-20-37-27(11-1)29-25-26(23-24-39(29)46-37)44-32-15-5-3-13-30(32)43-31-14-4-6-16-33(31)45(36-19-9-18-35(44)42(36)43)34-17-10-22-40-41(34)28-12-2-8-21-38(28)47-40/h1-14,16-25,32H,15H2. The molecule has 8 aromatic rings. The van der Waals surface area contributed by atoms with Crippen LogP contribution in [0.15, 0.2) is 160 Å². The Morgan fingerprint density at radius 2 is 1.26 bits per heavy atom. The smallest absolute Gasteiger partial charge is 0.247 e. The SMILES string of the molecule is C1=CCC2C(=C1)B1c3ccccc3N(c3cccc4oc5ccccc5c34)c3cccc(c31)N2c1ccc2oc3ccccc3c2c1. The molecule has 47 heavy (non-hydrogen) atoms. The zero-order valence-corrected chi connectivity index (χ0v) is 25.4. The fraction of sp³-hybridized carbons (Fsp3) is 0.0476. The van der Waals surface area contributed by atoms with Crippen LogP contribution in [0.3, 0.4) is 0 Å². The normalized spacial score (nSPS) is 16.6. The predicted octanol–water partition coefficient (Wildman–Crippen LogP) is 9.82. The average Bonchev–Trinajstić information content (AvgIpc) is 3.70. The molecule has 0 amide bonds. The number of anilines is 5. The second-order valence-corrected chi connectivity index (χ2v) is 12.8. The topological polar surface area (TPSA) is 32.8 Å². The largest absolute Gasteiger partial charge is 0.456 e. The highest BCUT2D eigenvalue weighted by Gasteiger charge is 2.46. The van der Waals surface area contributed by atoms with E-state index in [4.69, 9.17) is 8.83 Å². The van der Waals surface area contributed by atoms with Gasteiger partial charge in [0.1, 0.15) is 22.3 Å². The van der Waals surface area contributed by atoms with E-state index in [9.17, 15) is 0 Å². The van der Waals surface area contributed by atoms with Crippen LogP contribution in [0.1, 0.15) is 6.42 Å². The third-order valence-corrected chi connectivity index (χ3v) is 10.4. The molecule has 0 N–H and O–H groups in total. The van der Waals surface area contributed by atoms with Crippen LogP contribution < -0.4 is 20.7 Å². The van der Waals surface area contributed by atoms with E-state index in [1.165, 1.54) is 39.1 Å². The summed E-state index contributed by atoms with van der Waals surface area (Å²) in [5.74, 6) is 0. The van der Waals surface area contributed by atoms with Crippen LogP contribution in [0.5, 0.6) is 0 Å². The average molecular weight is 603 g/mol. The molecule has 3 aliphatic rings. The van der Waals surface area contributed by atoms with E-state index in [0.717, 1.165) is 56.0 Å². The summed E-state index contributed by atoms with van der Waals surface area (Å²) >= 11 is 0. The van der Waals surface area contributed by atoms with Crippen LogP contribution in [-0.2, 0) is 0 Å². The zero-order valence-electron chi connectivity index (χ0n) is 25.4. The van der Waals surface area contributed by atoms with Gasteiger partial charge in [0.2, 0.25) is 6.71 Å². The second kappa shape index (κ2) is 9.30. The van der Waals surface area contributed by atoms with Crippen molar-refractivity contribution in [1.29, 1.82) is 0 Å². The lowest BCUT2D eigenvalue weighted by Gasteiger charge is -2.48. The first kappa shape index (κ1) is 25.3. The summed E-state index contributed by atoms with van der Waals surface area (Å²) < 4.78 is 12.6. The lowest BCUT2D eigenvalue weighted by molar-refractivity contribution is 0.668. The molecule has 220 valence electrons. The summed E-state index contributed by atoms with van der Waals surface area (Å²) in [6.07, 6.45) is 7.88. The number of para-hydroxylation sites is 3. The first-order valence-electron chi connectivity index (χ1n) is 16.3. The van der Waals surface area contributed by atoms with Crippen LogP contribution >= 0.6 is 0 Å². The maximum Gasteiger partial charge on any atom is 0.247 e. The Morgan fingerprint density at radius 1 is 0.574 bits per heavy atom. The second-order valence-electron chi connectivity index (χ2n) is 12.8. The molecule has 11 rings (SSSR count). The molecule has 1 atom stereocenters. The summed E-state index contributed by atoms with van der Waals surface area (Å²) in [5.41, 5.74) is 13.7. The summed E-state index contributed by atoms with van der Waals surface area (Å²) in [6, 6.07) is 45.9. The first-order chi connectivity index (χ1) is 23.3. The molecular formula is C42H27BN2O2. The number of allylic oxidation sites excluding steroid dienone is 2. The number of furan rings is 2. The third kappa shape index (κ3) is 3.38. The number of hydrogen-bond donors (Lipinski definition) is 0. The van der Waals surface area contributed by atoms with Crippen molar-refractivity contribution < 1.29 is 8.83 Å². The summed E-state index contributed by atoms with van der Waals surface area (Å²) in [7, 11) is 0. The lowest BCUT2D eigenvalue weighted by Crippen LogP contribution is -2.60. The van der Waals surface area contributed by atoms with Gasteiger partial charge >= 0.3 is 0 Å². The Bertz CT molecular complexity index is 2660. The van der Waals surface area contributed by atoms with E-state index in [1.54, 1.807) is 0 Å². The minimum absolute atomic E-state index is 0.152. The zero-order chi connectivity index (χ0) is 30.6. The lowest BCUT2D eigenvalue weighted by atomic mass is 9.31. The summed E-state index contributed by atoms with van der Waals surface area (Å²) in [4.78, 5) is 5.05. The minimum atomic E-state index is 0.152. The highest BCUT2D eigenvalue weighted by atomic mass is 16.3. The molecule has 2 aliphatic heterocycles. The van der Waals surface area contributed by atoms with Crippen LogP contribution in [-0.4, -0.2) is 12.8 Å². The summed E-state index contributed by atoms with van der Waals surface area (Å²) in [6.45, 7) is 0.152. The van der Waals surface area contributed by atoms with Gasteiger partial charge in [0.15, 0.2) is 0 Å². The molecule has 0 saturated carbocycles. The van der Waals surface area contributed by atoms with Gasteiger partial charge in [-0.15, -0.1) is 0 Å². The van der Waals surface area contributed by atoms with Crippen molar-refractivity contribution in [2.75, 3.05) is 9.80 Å². The Balaban J connectivity index is 1.20. The van der Waals surface area contributed by atoms with Gasteiger partial charge in [-0.1, -0.05) is 90.4 Å². The Kier molecular flexibility index (Phi) is 5.00. The van der Waals surface area contributed by atoms with Gasteiger partial charge in [-0.2, -0.15) is 0 Å². The van der Waals surface area contributed by atoms with E-state index < -0.39 is 0 Å². The van der Waals surface area contributed by atoms with Gasteiger partial charge in [-0.05, 0) is 78.0 Å². The van der Waals surface area contributed by atoms with E-state index in [1.807, 2.05) is 12.1 Å². The van der Waals surface area contributed by atoms with Crippen molar-refractivity contribution in [2.24, 2.45) is 0 Å². The fourth-order valence-corrected chi connectivity index (χ4v) is 8.54. The van der Waals surface area contributed by atoms with Crippen LogP contribution in [0, 0.1) is 0 Å². The molecule has 0 radical (unpaired) electrons. The maximum absolute atomic E-state index is 6.38.